The lowest BCUT2D eigenvalue weighted by Gasteiger charge is -2.04. The number of benzene rings is 1. The lowest BCUT2D eigenvalue weighted by atomic mass is 10.1. The van der Waals surface area contributed by atoms with E-state index < -0.39 is 12.5 Å². The summed E-state index contributed by atoms with van der Waals surface area (Å²) < 4.78 is 29.2. The third-order valence-electron chi connectivity index (χ3n) is 2.68. The molecule has 5 nitrogen and oxygen atoms in total. The first kappa shape index (κ1) is 13.4. The van der Waals surface area contributed by atoms with E-state index in [9.17, 15) is 8.78 Å². The van der Waals surface area contributed by atoms with Gasteiger partial charge in [-0.1, -0.05) is 17.3 Å². The van der Waals surface area contributed by atoms with E-state index in [-0.39, 0.29) is 18.1 Å². The highest BCUT2D eigenvalue weighted by atomic mass is 19.3. The van der Waals surface area contributed by atoms with Crippen molar-refractivity contribution >= 4 is 5.69 Å². The first-order valence-electron chi connectivity index (χ1n) is 5.62. The van der Waals surface area contributed by atoms with Gasteiger partial charge >= 0.3 is 0 Å². The van der Waals surface area contributed by atoms with Crippen molar-refractivity contribution in [2.75, 3.05) is 5.73 Å². The van der Waals surface area contributed by atoms with E-state index in [1.165, 1.54) is 0 Å². The van der Waals surface area contributed by atoms with Crippen LogP contribution in [0.3, 0.4) is 0 Å². The molecule has 0 aliphatic rings. The van der Waals surface area contributed by atoms with Crippen molar-refractivity contribution < 1.29 is 18.4 Å². The molecule has 2 aromatic rings. The molecule has 0 aliphatic carbocycles. The number of nitrogen functional groups attached to an aromatic ring is 1. The summed E-state index contributed by atoms with van der Waals surface area (Å²) in [6, 6.07) is 5.23. The number of hydrogen-bond acceptors (Lipinski definition) is 5. The number of nitrogens with zero attached hydrogens (tertiary/aromatic N) is 2. The molecule has 0 spiro atoms. The number of anilines is 1. The highest BCUT2D eigenvalue weighted by molar-refractivity contribution is 5.63. The van der Waals surface area contributed by atoms with E-state index in [1.54, 1.807) is 18.2 Å². The average molecular weight is 269 g/mol. The Bertz CT molecular complexity index is 572. The van der Waals surface area contributed by atoms with E-state index >= 15 is 0 Å². The van der Waals surface area contributed by atoms with E-state index in [2.05, 4.69) is 10.1 Å². The molecular weight excluding hydrogens is 256 g/mol. The second kappa shape index (κ2) is 5.31. The number of aliphatic hydroxyl groups is 1. The minimum absolute atomic E-state index is 0.0399. The number of halogens is 2. The zero-order valence-corrected chi connectivity index (χ0v) is 10.2. The first-order valence-corrected chi connectivity index (χ1v) is 5.62. The fourth-order valence-electron chi connectivity index (χ4n) is 1.50. The molecule has 0 fully saturated rings. The Morgan fingerprint density at radius 3 is 2.79 bits per heavy atom. The molecule has 0 amide bonds. The summed E-state index contributed by atoms with van der Waals surface area (Å²) in [7, 11) is 0. The van der Waals surface area contributed by atoms with E-state index in [0.29, 0.717) is 11.3 Å². The molecule has 0 bridgehead atoms. The monoisotopic (exact) mass is 269 g/mol. The van der Waals surface area contributed by atoms with E-state index in [1.807, 2.05) is 6.92 Å². The van der Waals surface area contributed by atoms with Crippen LogP contribution in [0.5, 0.6) is 0 Å². The van der Waals surface area contributed by atoms with Gasteiger partial charge in [-0.05, 0) is 18.6 Å². The van der Waals surface area contributed by atoms with Gasteiger partial charge in [0.2, 0.25) is 11.7 Å². The Kier molecular flexibility index (Phi) is 3.75. The van der Waals surface area contributed by atoms with Crippen LogP contribution in [0.25, 0.3) is 11.4 Å². The van der Waals surface area contributed by atoms with Crippen LogP contribution >= 0.6 is 0 Å². The molecule has 19 heavy (non-hydrogen) atoms. The van der Waals surface area contributed by atoms with Crippen LogP contribution < -0.4 is 5.73 Å². The molecule has 1 unspecified atom stereocenters. The van der Waals surface area contributed by atoms with Crippen molar-refractivity contribution in [1.29, 1.82) is 0 Å². The van der Waals surface area contributed by atoms with Gasteiger partial charge < -0.3 is 15.4 Å². The van der Waals surface area contributed by atoms with E-state index in [4.69, 9.17) is 15.4 Å². The Labute approximate surface area is 108 Å². The summed E-state index contributed by atoms with van der Waals surface area (Å²) >= 11 is 0. The molecule has 1 atom stereocenters. The van der Waals surface area contributed by atoms with Crippen LogP contribution in [0.4, 0.5) is 14.5 Å². The number of alkyl halides is 2. The van der Waals surface area contributed by atoms with Crippen LogP contribution in [0.2, 0.25) is 0 Å². The maximum atomic E-state index is 12.2. The predicted molar refractivity (Wildman–Crippen MR) is 64.6 cm³/mol. The molecule has 0 saturated carbocycles. The van der Waals surface area contributed by atoms with Crippen molar-refractivity contribution in [3.63, 3.8) is 0 Å². The first-order chi connectivity index (χ1) is 8.97. The minimum atomic E-state index is -2.84. The second-order valence-corrected chi connectivity index (χ2v) is 4.19. The molecule has 1 heterocycles. The van der Waals surface area contributed by atoms with Gasteiger partial charge in [0.1, 0.15) is 6.10 Å². The molecule has 102 valence electrons. The summed E-state index contributed by atoms with van der Waals surface area (Å²) in [4.78, 5) is 3.95. The van der Waals surface area contributed by atoms with Gasteiger partial charge in [-0.2, -0.15) is 4.98 Å². The summed E-state index contributed by atoms with van der Waals surface area (Å²) in [6.45, 7) is 1.86. The van der Waals surface area contributed by atoms with Gasteiger partial charge in [0.05, 0.1) is 6.42 Å². The van der Waals surface area contributed by atoms with Gasteiger partial charge in [0.15, 0.2) is 0 Å². The standard InChI is InChI=1S/C12H13F2N3O2/c1-6-2-3-7(4-8(6)15)12-16-10(19-17-12)5-9(18)11(13)14/h2-4,9,11,18H,5,15H2,1H3. The van der Waals surface area contributed by atoms with Gasteiger partial charge in [-0.25, -0.2) is 8.78 Å². The lowest BCUT2D eigenvalue weighted by Crippen LogP contribution is -2.20. The quantitative estimate of drug-likeness (QED) is 0.826. The molecule has 2 rings (SSSR count). The molecule has 1 aromatic heterocycles. The zero-order valence-electron chi connectivity index (χ0n) is 10.2. The molecular formula is C12H13F2N3O2. The Hall–Kier alpha value is -2.02. The number of hydrogen-bond donors (Lipinski definition) is 2. The normalized spacial score (nSPS) is 12.9. The van der Waals surface area contributed by atoms with Crippen LogP contribution in [0.15, 0.2) is 22.7 Å². The highest BCUT2D eigenvalue weighted by Crippen LogP contribution is 2.21. The summed E-state index contributed by atoms with van der Waals surface area (Å²) in [5.74, 6) is 0.213. The van der Waals surface area contributed by atoms with Crippen LogP contribution in [0.1, 0.15) is 11.5 Å². The van der Waals surface area contributed by atoms with Crippen LogP contribution in [-0.4, -0.2) is 27.8 Å². The minimum Gasteiger partial charge on any atom is -0.398 e. The Morgan fingerprint density at radius 1 is 1.42 bits per heavy atom. The Morgan fingerprint density at radius 2 is 2.16 bits per heavy atom. The zero-order chi connectivity index (χ0) is 14.0. The molecule has 7 heteroatoms. The number of nitrogens with two attached hydrogens (primary N) is 1. The Balaban J connectivity index is 2.18. The summed E-state index contributed by atoms with van der Waals surface area (Å²) in [6.07, 6.45) is -5.03. The number of aromatic nitrogens is 2. The van der Waals surface area contributed by atoms with Gasteiger partial charge in [-0.15, -0.1) is 0 Å². The average Bonchev–Trinajstić information content (AvgIpc) is 2.81. The lowest BCUT2D eigenvalue weighted by molar-refractivity contribution is -0.00754. The third-order valence-corrected chi connectivity index (χ3v) is 2.68. The fraction of sp³-hybridized carbons (Fsp3) is 0.333. The second-order valence-electron chi connectivity index (χ2n) is 4.19. The van der Waals surface area contributed by atoms with Gasteiger partial charge in [0, 0.05) is 11.3 Å². The van der Waals surface area contributed by atoms with Crippen molar-refractivity contribution in [2.45, 2.75) is 25.9 Å². The van der Waals surface area contributed by atoms with Gasteiger partial charge in [-0.3, -0.25) is 0 Å². The van der Waals surface area contributed by atoms with Crippen molar-refractivity contribution in [3.8, 4) is 11.4 Å². The number of aryl methyl sites for hydroxylation is 1. The fourth-order valence-corrected chi connectivity index (χ4v) is 1.50. The van der Waals surface area contributed by atoms with Crippen LogP contribution in [0, 0.1) is 6.92 Å². The van der Waals surface area contributed by atoms with Crippen LogP contribution in [-0.2, 0) is 6.42 Å². The molecule has 0 radical (unpaired) electrons. The third kappa shape index (κ3) is 3.05. The number of rotatable bonds is 4. The summed E-state index contributed by atoms with van der Waals surface area (Å²) in [5.41, 5.74) is 7.89. The largest absolute Gasteiger partial charge is 0.398 e. The predicted octanol–water partition coefficient (Wildman–Crippen LogP) is 1.80. The highest BCUT2D eigenvalue weighted by Gasteiger charge is 2.21. The molecule has 0 aliphatic heterocycles. The number of aliphatic hydroxyl groups excluding tert-OH is 1. The maximum Gasteiger partial charge on any atom is 0.264 e. The van der Waals surface area contributed by atoms with Crippen molar-refractivity contribution in [1.82, 2.24) is 10.1 Å². The topological polar surface area (TPSA) is 85.2 Å². The summed E-state index contributed by atoms with van der Waals surface area (Å²) in [5, 5.41) is 12.7. The molecule has 0 saturated heterocycles. The molecule has 3 N–H and O–H groups in total. The van der Waals surface area contributed by atoms with Crippen molar-refractivity contribution in [3.05, 3.63) is 29.7 Å². The van der Waals surface area contributed by atoms with Crippen molar-refractivity contribution in [2.24, 2.45) is 0 Å². The maximum absolute atomic E-state index is 12.2. The SMILES string of the molecule is Cc1ccc(-c2noc(CC(O)C(F)F)n2)cc1N. The van der Waals surface area contributed by atoms with Gasteiger partial charge in [0.25, 0.3) is 6.43 Å². The molecule has 1 aromatic carbocycles. The smallest absolute Gasteiger partial charge is 0.264 e. The van der Waals surface area contributed by atoms with E-state index in [0.717, 1.165) is 5.56 Å².